The van der Waals surface area contributed by atoms with Gasteiger partial charge in [0, 0.05) is 17.6 Å². The highest BCUT2D eigenvalue weighted by molar-refractivity contribution is 6.30. The van der Waals surface area contributed by atoms with E-state index in [0.29, 0.717) is 5.02 Å². The number of nitrogens with zero attached hydrogens (tertiary/aromatic N) is 1. The van der Waals surface area contributed by atoms with Crippen molar-refractivity contribution in [3.05, 3.63) is 34.9 Å². The zero-order valence-electron chi connectivity index (χ0n) is 11.1. The fourth-order valence-electron chi connectivity index (χ4n) is 1.52. The van der Waals surface area contributed by atoms with Gasteiger partial charge in [0.2, 0.25) is 0 Å². The molecule has 3 nitrogen and oxygen atoms in total. The number of alkyl halides is 3. The van der Waals surface area contributed by atoms with Crippen molar-refractivity contribution in [2.24, 2.45) is 0 Å². The molecular weight excluding hydrogens is 295 g/mol. The van der Waals surface area contributed by atoms with Gasteiger partial charge in [-0.2, -0.15) is 13.2 Å². The summed E-state index contributed by atoms with van der Waals surface area (Å²) >= 11 is 5.82. The Kier molecular flexibility index (Phi) is 5.68. The van der Waals surface area contributed by atoms with E-state index in [0.717, 1.165) is 5.56 Å². The Bertz CT molecular complexity index is 463. The van der Waals surface area contributed by atoms with Crippen LogP contribution in [0, 0.1) is 0 Å². The van der Waals surface area contributed by atoms with Crippen molar-refractivity contribution < 1.29 is 22.7 Å². The minimum absolute atomic E-state index is 0.134. The standard InChI is InChI=1S/C13H15ClF3NO2/c1-9(2)18(12(19)20-8-13(15,16)17)7-10-4-3-5-11(14)6-10/h3-6,9H,7-8H2,1-2H3. The number of ether oxygens (including phenoxy) is 1. The predicted molar refractivity (Wildman–Crippen MR) is 69.5 cm³/mol. The van der Waals surface area contributed by atoms with E-state index in [-0.39, 0.29) is 12.6 Å². The number of amides is 1. The fourth-order valence-corrected chi connectivity index (χ4v) is 1.73. The van der Waals surface area contributed by atoms with Crippen molar-refractivity contribution in [1.29, 1.82) is 0 Å². The molecule has 0 radical (unpaired) electrons. The second-order valence-electron chi connectivity index (χ2n) is 4.52. The maximum Gasteiger partial charge on any atom is 0.422 e. The molecule has 7 heteroatoms. The van der Waals surface area contributed by atoms with Crippen molar-refractivity contribution in [3.63, 3.8) is 0 Å². The summed E-state index contributed by atoms with van der Waals surface area (Å²) in [6.45, 7) is 1.93. The van der Waals surface area contributed by atoms with Crippen molar-refractivity contribution in [2.45, 2.75) is 32.6 Å². The van der Waals surface area contributed by atoms with Crippen molar-refractivity contribution >= 4 is 17.7 Å². The zero-order chi connectivity index (χ0) is 15.3. The number of carbonyl (C=O) groups is 1. The third-order valence-corrected chi connectivity index (χ3v) is 2.69. The van der Waals surface area contributed by atoms with Gasteiger partial charge in [-0.15, -0.1) is 0 Å². The molecule has 0 aromatic heterocycles. The monoisotopic (exact) mass is 309 g/mol. The van der Waals surface area contributed by atoms with Gasteiger partial charge in [-0.25, -0.2) is 4.79 Å². The van der Waals surface area contributed by atoms with Crippen molar-refractivity contribution in [2.75, 3.05) is 6.61 Å². The lowest BCUT2D eigenvalue weighted by Crippen LogP contribution is -2.38. The zero-order valence-corrected chi connectivity index (χ0v) is 11.8. The van der Waals surface area contributed by atoms with Gasteiger partial charge < -0.3 is 9.64 Å². The van der Waals surface area contributed by atoms with E-state index in [4.69, 9.17) is 11.6 Å². The molecule has 0 atom stereocenters. The maximum absolute atomic E-state index is 12.0. The summed E-state index contributed by atoms with van der Waals surface area (Å²) in [5, 5.41) is 0.495. The lowest BCUT2D eigenvalue weighted by Gasteiger charge is -2.26. The third kappa shape index (κ3) is 5.69. The second-order valence-corrected chi connectivity index (χ2v) is 4.96. The summed E-state index contributed by atoms with van der Waals surface area (Å²) in [6.07, 6.45) is -5.54. The maximum atomic E-state index is 12.0. The SMILES string of the molecule is CC(C)N(Cc1cccc(Cl)c1)C(=O)OCC(F)(F)F. The summed E-state index contributed by atoms with van der Waals surface area (Å²) in [5.41, 5.74) is 0.718. The minimum atomic E-state index is -4.53. The van der Waals surface area contributed by atoms with Gasteiger partial charge >= 0.3 is 12.3 Å². The molecule has 1 amide bonds. The molecule has 0 aliphatic heterocycles. The Labute approximate surface area is 120 Å². The molecular formula is C13H15ClF3NO2. The Morgan fingerprint density at radius 3 is 2.55 bits per heavy atom. The van der Waals surface area contributed by atoms with Crippen molar-refractivity contribution in [1.82, 2.24) is 4.90 Å². The normalized spacial score (nSPS) is 11.6. The van der Waals surface area contributed by atoms with Crippen LogP contribution in [0.25, 0.3) is 0 Å². The molecule has 0 bridgehead atoms. The van der Waals surface area contributed by atoms with Crippen LogP contribution in [0.5, 0.6) is 0 Å². The number of carbonyl (C=O) groups excluding carboxylic acids is 1. The van der Waals surface area contributed by atoms with Gasteiger partial charge in [0.25, 0.3) is 0 Å². The quantitative estimate of drug-likeness (QED) is 0.832. The highest BCUT2D eigenvalue weighted by Crippen LogP contribution is 2.18. The molecule has 0 unspecified atom stereocenters. The molecule has 0 aliphatic carbocycles. The van der Waals surface area contributed by atoms with E-state index >= 15 is 0 Å². The number of halogens is 4. The van der Waals surface area contributed by atoms with Crippen LogP contribution < -0.4 is 0 Å². The molecule has 1 rings (SSSR count). The number of hydrogen-bond donors (Lipinski definition) is 0. The summed E-state index contributed by atoms with van der Waals surface area (Å²) in [4.78, 5) is 12.9. The lowest BCUT2D eigenvalue weighted by atomic mass is 10.2. The van der Waals surface area contributed by atoms with Crippen LogP contribution in [0.2, 0.25) is 5.02 Å². The lowest BCUT2D eigenvalue weighted by molar-refractivity contribution is -0.162. The molecule has 0 saturated carbocycles. The second kappa shape index (κ2) is 6.83. The van der Waals surface area contributed by atoms with Gasteiger partial charge in [-0.1, -0.05) is 23.7 Å². The predicted octanol–water partition coefficient (Wildman–Crippen LogP) is 4.25. The molecule has 0 fully saturated rings. The Balaban J connectivity index is 2.72. The van der Waals surface area contributed by atoms with Crippen LogP contribution in [0.1, 0.15) is 19.4 Å². The number of benzene rings is 1. The molecule has 0 aliphatic rings. The van der Waals surface area contributed by atoms with Gasteiger partial charge in [0.15, 0.2) is 6.61 Å². The number of rotatable bonds is 4. The van der Waals surface area contributed by atoms with E-state index in [1.165, 1.54) is 4.90 Å². The van der Waals surface area contributed by atoms with E-state index < -0.39 is 18.9 Å². The highest BCUT2D eigenvalue weighted by Gasteiger charge is 2.31. The molecule has 0 spiro atoms. The highest BCUT2D eigenvalue weighted by atomic mass is 35.5. The number of hydrogen-bond acceptors (Lipinski definition) is 2. The van der Waals surface area contributed by atoms with Crippen molar-refractivity contribution in [3.8, 4) is 0 Å². The fraction of sp³-hybridized carbons (Fsp3) is 0.462. The Morgan fingerprint density at radius 2 is 2.05 bits per heavy atom. The molecule has 112 valence electrons. The third-order valence-electron chi connectivity index (χ3n) is 2.46. The van der Waals surface area contributed by atoms with E-state index in [1.54, 1.807) is 38.1 Å². The Hall–Kier alpha value is -1.43. The van der Waals surface area contributed by atoms with E-state index in [1.807, 2.05) is 0 Å². The average molecular weight is 310 g/mol. The summed E-state index contributed by atoms with van der Waals surface area (Å²) in [7, 11) is 0. The Morgan fingerprint density at radius 1 is 1.40 bits per heavy atom. The summed E-state index contributed by atoms with van der Waals surface area (Å²) in [5.74, 6) is 0. The van der Waals surface area contributed by atoms with Crippen LogP contribution in [0.3, 0.4) is 0 Å². The first-order valence-electron chi connectivity index (χ1n) is 5.93. The first-order valence-corrected chi connectivity index (χ1v) is 6.31. The largest absolute Gasteiger partial charge is 0.440 e. The molecule has 0 N–H and O–H groups in total. The van der Waals surface area contributed by atoms with Crippen LogP contribution in [0.15, 0.2) is 24.3 Å². The van der Waals surface area contributed by atoms with Gasteiger partial charge in [0.05, 0.1) is 0 Å². The van der Waals surface area contributed by atoms with Gasteiger partial charge in [-0.3, -0.25) is 0 Å². The molecule has 1 aromatic rings. The van der Waals surface area contributed by atoms with Gasteiger partial charge in [0.1, 0.15) is 0 Å². The minimum Gasteiger partial charge on any atom is -0.440 e. The topological polar surface area (TPSA) is 29.5 Å². The summed E-state index contributed by atoms with van der Waals surface area (Å²) < 4.78 is 40.4. The molecule has 0 heterocycles. The van der Waals surface area contributed by atoms with Gasteiger partial charge in [-0.05, 0) is 31.5 Å². The van der Waals surface area contributed by atoms with Crippen LogP contribution >= 0.6 is 11.6 Å². The first kappa shape index (κ1) is 16.6. The summed E-state index contributed by atoms with van der Waals surface area (Å²) in [6, 6.07) is 6.46. The smallest absolute Gasteiger partial charge is 0.422 e. The molecule has 1 aromatic carbocycles. The van der Waals surface area contributed by atoms with E-state index in [9.17, 15) is 18.0 Å². The molecule has 0 saturated heterocycles. The average Bonchev–Trinajstić information content (AvgIpc) is 2.32. The van der Waals surface area contributed by atoms with Crippen LogP contribution in [0.4, 0.5) is 18.0 Å². The van der Waals surface area contributed by atoms with Crippen LogP contribution in [-0.2, 0) is 11.3 Å². The van der Waals surface area contributed by atoms with Crippen LogP contribution in [-0.4, -0.2) is 29.8 Å². The van der Waals surface area contributed by atoms with E-state index in [2.05, 4.69) is 4.74 Å². The molecule has 20 heavy (non-hydrogen) atoms. The first-order chi connectivity index (χ1) is 9.19.